The molecule has 23 heavy (non-hydrogen) atoms. The summed E-state index contributed by atoms with van der Waals surface area (Å²) in [5.74, 6) is 0.337. The van der Waals surface area contributed by atoms with Crippen LogP contribution in [-0.2, 0) is 0 Å². The molecule has 1 aliphatic heterocycles. The van der Waals surface area contributed by atoms with Crippen molar-refractivity contribution in [2.45, 2.75) is 26.7 Å². The van der Waals surface area contributed by atoms with Crippen LogP contribution >= 0.6 is 11.6 Å². The van der Waals surface area contributed by atoms with E-state index in [1.54, 1.807) is 12.3 Å². The molecule has 0 atom stereocenters. The van der Waals surface area contributed by atoms with Crippen LogP contribution in [0.2, 0.25) is 5.02 Å². The largest absolute Gasteiger partial charge is 0.341 e. The Labute approximate surface area is 140 Å². The van der Waals surface area contributed by atoms with Crippen molar-refractivity contribution < 1.29 is 4.79 Å². The molecule has 0 radical (unpaired) electrons. The number of anilines is 2. The molecule has 1 aromatic carbocycles. The number of halogens is 1. The molecule has 1 aromatic heterocycles. The molecule has 0 unspecified atom stereocenters. The zero-order valence-corrected chi connectivity index (χ0v) is 14.0. The summed E-state index contributed by atoms with van der Waals surface area (Å²) in [6.45, 7) is 5.77. The zero-order chi connectivity index (χ0) is 16.4. The molecule has 0 aliphatic carbocycles. The standard InChI is InChI=1S/C17H19ClN4O/c1-11-9-12(2)15(13(18)10-11)21-16(23)14-5-6-19-17(20-14)22-7-3-4-8-22/h5-6,9-10H,3-4,7-8H2,1-2H3,(H,21,23). The van der Waals surface area contributed by atoms with Crippen LogP contribution in [0.1, 0.15) is 34.5 Å². The number of carbonyl (C=O) groups excluding carboxylic acids is 1. The first-order valence-corrected chi connectivity index (χ1v) is 8.08. The maximum Gasteiger partial charge on any atom is 0.274 e. The number of nitrogens with one attached hydrogen (secondary N) is 1. The quantitative estimate of drug-likeness (QED) is 0.934. The third-order valence-electron chi connectivity index (χ3n) is 3.93. The Kier molecular flexibility index (Phi) is 4.48. The fourth-order valence-corrected chi connectivity index (χ4v) is 3.16. The summed E-state index contributed by atoms with van der Waals surface area (Å²) in [7, 11) is 0. The van der Waals surface area contributed by atoms with E-state index in [9.17, 15) is 4.79 Å². The first-order chi connectivity index (χ1) is 11.0. The van der Waals surface area contributed by atoms with Gasteiger partial charge in [-0.25, -0.2) is 9.97 Å². The molecule has 1 fully saturated rings. The van der Waals surface area contributed by atoms with Crippen molar-refractivity contribution in [3.8, 4) is 0 Å². The summed E-state index contributed by atoms with van der Waals surface area (Å²) in [6, 6.07) is 5.43. The number of aromatic nitrogens is 2. The summed E-state index contributed by atoms with van der Waals surface area (Å²) >= 11 is 6.25. The molecule has 1 amide bonds. The van der Waals surface area contributed by atoms with E-state index in [0.717, 1.165) is 37.1 Å². The SMILES string of the molecule is Cc1cc(C)c(NC(=O)c2ccnc(N3CCCC3)n2)c(Cl)c1. The van der Waals surface area contributed by atoms with E-state index in [1.165, 1.54) is 0 Å². The Balaban J connectivity index is 1.82. The smallest absolute Gasteiger partial charge is 0.274 e. The van der Waals surface area contributed by atoms with Crippen molar-refractivity contribution >= 4 is 29.1 Å². The van der Waals surface area contributed by atoms with E-state index in [0.29, 0.717) is 22.4 Å². The molecule has 5 nitrogen and oxygen atoms in total. The number of carbonyl (C=O) groups is 1. The van der Waals surface area contributed by atoms with Gasteiger partial charge in [-0.1, -0.05) is 17.7 Å². The highest BCUT2D eigenvalue weighted by Crippen LogP contribution is 2.27. The Bertz CT molecular complexity index is 718. The van der Waals surface area contributed by atoms with Gasteiger partial charge in [0.05, 0.1) is 10.7 Å². The minimum Gasteiger partial charge on any atom is -0.341 e. The fourth-order valence-electron chi connectivity index (χ4n) is 2.80. The molecule has 0 saturated carbocycles. The molecule has 120 valence electrons. The Morgan fingerprint density at radius 3 is 2.70 bits per heavy atom. The Morgan fingerprint density at radius 2 is 2.00 bits per heavy atom. The number of hydrogen-bond donors (Lipinski definition) is 1. The average Bonchev–Trinajstić information content (AvgIpc) is 3.05. The average molecular weight is 331 g/mol. The van der Waals surface area contributed by atoms with Crippen LogP contribution in [0.4, 0.5) is 11.6 Å². The molecule has 0 bridgehead atoms. The van der Waals surface area contributed by atoms with Gasteiger partial charge < -0.3 is 10.2 Å². The molecule has 6 heteroatoms. The first-order valence-electron chi connectivity index (χ1n) is 7.70. The van der Waals surface area contributed by atoms with Crippen LogP contribution in [-0.4, -0.2) is 29.0 Å². The van der Waals surface area contributed by atoms with Crippen molar-refractivity contribution in [3.05, 3.63) is 46.2 Å². The van der Waals surface area contributed by atoms with Crippen molar-refractivity contribution in [3.63, 3.8) is 0 Å². The lowest BCUT2D eigenvalue weighted by Crippen LogP contribution is -2.22. The van der Waals surface area contributed by atoms with Crippen molar-refractivity contribution in [2.75, 3.05) is 23.3 Å². The number of benzene rings is 1. The molecule has 0 spiro atoms. The van der Waals surface area contributed by atoms with Crippen LogP contribution in [0.25, 0.3) is 0 Å². The van der Waals surface area contributed by atoms with Gasteiger partial charge in [0.1, 0.15) is 5.69 Å². The monoisotopic (exact) mass is 330 g/mol. The van der Waals surface area contributed by atoms with E-state index in [1.807, 2.05) is 26.0 Å². The molecular formula is C17H19ClN4O. The Hall–Kier alpha value is -2.14. The number of rotatable bonds is 3. The van der Waals surface area contributed by atoms with E-state index < -0.39 is 0 Å². The second-order valence-electron chi connectivity index (χ2n) is 5.83. The van der Waals surface area contributed by atoms with Gasteiger partial charge in [0.25, 0.3) is 5.91 Å². The summed E-state index contributed by atoms with van der Waals surface area (Å²) < 4.78 is 0. The second kappa shape index (κ2) is 6.54. The van der Waals surface area contributed by atoms with Crippen LogP contribution in [0.5, 0.6) is 0 Å². The third-order valence-corrected chi connectivity index (χ3v) is 4.23. The van der Waals surface area contributed by atoms with Gasteiger partial charge in [-0.05, 0) is 49.9 Å². The van der Waals surface area contributed by atoms with Crippen molar-refractivity contribution in [2.24, 2.45) is 0 Å². The van der Waals surface area contributed by atoms with Crippen molar-refractivity contribution in [1.82, 2.24) is 9.97 Å². The van der Waals surface area contributed by atoms with Gasteiger partial charge in [0.15, 0.2) is 0 Å². The van der Waals surface area contributed by atoms with Crippen molar-refractivity contribution in [1.29, 1.82) is 0 Å². The minimum atomic E-state index is -0.276. The minimum absolute atomic E-state index is 0.276. The summed E-state index contributed by atoms with van der Waals surface area (Å²) in [5.41, 5.74) is 2.96. The second-order valence-corrected chi connectivity index (χ2v) is 6.24. The zero-order valence-electron chi connectivity index (χ0n) is 13.3. The van der Waals surface area contributed by atoms with Gasteiger partial charge in [-0.3, -0.25) is 4.79 Å². The highest BCUT2D eigenvalue weighted by Gasteiger charge is 2.18. The van der Waals surface area contributed by atoms with Gasteiger partial charge in [-0.2, -0.15) is 0 Å². The number of nitrogens with zero attached hydrogens (tertiary/aromatic N) is 3. The first kappa shape index (κ1) is 15.7. The summed E-state index contributed by atoms with van der Waals surface area (Å²) in [5, 5.41) is 3.39. The predicted octanol–water partition coefficient (Wildman–Crippen LogP) is 3.60. The van der Waals surface area contributed by atoms with E-state index in [4.69, 9.17) is 11.6 Å². The molecule has 3 rings (SSSR count). The van der Waals surface area contributed by atoms with Gasteiger partial charge in [0, 0.05) is 19.3 Å². The molecule has 2 aromatic rings. The third kappa shape index (κ3) is 3.45. The van der Waals surface area contributed by atoms with Crippen LogP contribution in [0.15, 0.2) is 24.4 Å². The number of amides is 1. The Morgan fingerprint density at radius 1 is 1.26 bits per heavy atom. The van der Waals surface area contributed by atoms with Crippen LogP contribution < -0.4 is 10.2 Å². The van der Waals surface area contributed by atoms with E-state index >= 15 is 0 Å². The summed E-state index contributed by atoms with van der Waals surface area (Å²) in [4.78, 5) is 23.2. The molecule has 1 N–H and O–H groups in total. The van der Waals surface area contributed by atoms with E-state index in [-0.39, 0.29) is 5.91 Å². The lowest BCUT2D eigenvalue weighted by atomic mass is 10.1. The lowest BCUT2D eigenvalue weighted by molar-refractivity contribution is 0.102. The highest BCUT2D eigenvalue weighted by atomic mass is 35.5. The van der Waals surface area contributed by atoms with Gasteiger partial charge >= 0.3 is 0 Å². The van der Waals surface area contributed by atoms with Gasteiger partial charge in [-0.15, -0.1) is 0 Å². The van der Waals surface area contributed by atoms with Crippen LogP contribution in [0, 0.1) is 13.8 Å². The maximum absolute atomic E-state index is 12.5. The molecule has 1 aliphatic rings. The lowest BCUT2D eigenvalue weighted by Gasteiger charge is -2.15. The molecular weight excluding hydrogens is 312 g/mol. The molecule has 2 heterocycles. The predicted molar refractivity (Wildman–Crippen MR) is 92.4 cm³/mol. The number of aryl methyl sites for hydroxylation is 2. The fraction of sp³-hybridized carbons (Fsp3) is 0.353. The topological polar surface area (TPSA) is 58.1 Å². The molecule has 1 saturated heterocycles. The normalized spacial score (nSPS) is 14.1. The number of hydrogen-bond acceptors (Lipinski definition) is 4. The van der Waals surface area contributed by atoms with E-state index in [2.05, 4.69) is 20.2 Å². The summed E-state index contributed by atoms with van der Waals surface area (Å²) in [6.07, 6.45) is 3.90. The highest BCUT2D eigenvalue weighted by molar-refractivity contribution is 6.34. The van der Waals surface area contributed by atoms with Crippen LogP contribution in [0.3, 0.4) is 0 Å². The maximum atomic E-state index is 12.5. The van der Waals surface area contributed by atoms with Gasteiger partial charge in [0.2, 0.25) is 5.95 Å².